The highest BCUT2D eigenvalue weighted by atomic mass is 35.5. The summed E-state index contributed by atoms with van der Waals surface area (Å²) in [7, 11) is 0. The fraction of sp³-hybridized carbons (Fsp3) is 0.158. The Morgan fingerprint density at radius 2 is 2.00 bits per heavy atom. The van der Waals surface area contributed by atoms with E-state index in [1.165, 1.54) is 5.56 Å². The largest absolute Gasteiger partial charge is 0.289 e. The molecule has 4 rings (SSSR count). The molecular weight excluding hydrogens is 325 g/mol. The highest BCUT2D eigenvalue weighted by Gasteiger charge is 2.20. The Labute approximate surface area is 144 Å². The first-order valence-corrected chi connectivity index (χ1v) is 8.11. The van der Waals surface area contributed by atoms with E-state index >= 15 is 0 Å². The Kier molecular flexibility index (Phi) is 4.00. The Hall–Kier alpha value is -2.30. The third-order valence-corrected chi connectivity index (χ3v) is 4.44. The zero-order valence-electron chi connectivity index (χ0n) is 12.9. The predicted molar refractivity (Wildman–Crippen MR) is 91.8 cm³/mol. The van der Waals surface area contributed by atoms with Gasteiger partial charge in [-0.2, -0.15) is 0 Å². The molecule has 1 aliphatic rings. The second kappa shape index (κ2) is 6.30. The molecule has 0 amide bonds. The van der Waals surface area contributed by atoms with E-state index in [9.17, 15) is 4.39 Å². The van der Waals surface area contributed by atoms with Gasteiger partial charge in [-0.25, -0.2) is 4.39 Å². The second-order valence-corrected chi connectivity index (χ2v) is 6.39. The van der Waals surface area contributed by atoms with Crippen LogP contribution < -0.4 is 0 Å². The lowest BCUT2D eigenvalue weighted by Crippen LogP contribution is -2.16. The number of halogens is 2. The minimum atomic E-state index is -0.212. The van der Waals surface area contributed by atoms with Crippen LogP contribution in [0.25, 0.3) is 11.1 Å². The molecule has 24 heavy (non-hydrogen) atoms. The van der Waals surface area contributed by atoms with Crippen molar-refractivity contribution in [2.24, 2.45) is 0 Å². The summed E-state index contributed by atoms with van der Waals surface area (Å²) < 4.78 is 14.5. The van der Waals surface area contributed by atoms with Gasteiger partial charge in [0, 0.05) is 49.4 Å². The Morgan fingerprint density at radius 3 is 2.79 bits per heavy atom. The fourth-order valence-electron chi connectivity index (χ4n) is 3.04. The van der Waals surface area contributed by atoms with E-state index in [1.54, 1.807) is 30.7 Å². The van der Waals surface area contributed by atoms with Crippen LogP contribution in [-0.2, 0) is 19.6 Å². The molecule has 3 aromatic rings. The van der Waals surface area contributed by atoms with Gasteiger partial charge in [0.15, 0.2) is 0 Å². The van der Waals surface area contributed by atoms with Crippen LogP contribution in [0, 0.1) is 5.82 Å². The molecule has 0 spiro atoms. The number of nitrogens with zero attached hydrogens (tertiary/aromatic N) is 3. The smallest absolute Gasteiger partial charge is 0.128 e. The SMILES string of the molecule is Fc1cc(-c2cncc(Cl)c2)ccc1CN1Cc2cccnc2C1. The molecule has 1 aliphatic heterocycles. The minimum absolute atomic E-state index is 0.212. The van der Waals surface area contributed by atoms with E-state index in [4.69, 9.17) is 11.6 Å². The molecule has 0 aliphatic carbocycles. The van der Waals surface area contributed by atoms with Crippen LogP contribution in [-0.4, -0.2) is 14.9 Å². The van der Waals surface area contributed by atoms with Gasteiger partial charge in [-0.05, 0) is 29.3 Å². The fourth-order valence-corrected chi connectivity index (χ4v) is 3.22. The quantitative estimate of drug-likeness (QED) is 0.706. The van der Waals surface area contributed by atoms with E-state index in [0.29, 0.717) is 17.1 Å². The molecule has 0 N–H and O–H groups in total. The Morgan fingerprint density at radius 1 is 1.08 bits per heavy atom. The molecule has 1 aromatic carbocycles. The van der Waals surface area contributed by atoms with E-state index in [1.807, 2.05) is 18.2 Å². The van der Waals surface area contributed by atoms with Gasteiger partial charge >= 0.3 is 0 Å². The lowest BCUT2D eigenvalue weighted by Gasteiger charge is -2.15. The van der Waals surface area contributed by atoms with E-state index in [0.717, 1.165) is 29.9 Å². The average molecular weight is 340 g/mol. The zero-order chi connectivity index (χ0) is 16.5. The minimum Gasteiger partial charge on any atom is -0.289 e. The highest BCUT2D eigenvalue weighted by Crippen LogP contribution is 2.26. The summed E-state index contributed by atoms with van der Waals surface area (Å²) in [5.74, 6) is -0.212. The van der Waals surface area contributed by atoms with Gasteiger partial charge < -0.3 is 0 Å². The lowest BCUT2D eigenvalue weighted by molar-refractivity contribution is 0.270. The van der Waals surface area contributed by atoms with Gasteiger partial charge in [0.1, 0.15) is 5.82 Å². The predicted octanol–water partition coefficient (Wildman–Crippen LogP) is 4.45. The molecule has 0 bridgehead atoms. The van der Waals surface area contributed by atoms with Gasteiger partial charge in [-0.15, -0.1) is 0 Å². The van der Waals surface area contributed by atoms with Crippen molar-refractivity contribution in [2.75, 3.05) is 0 Å². The number of pyridine rings is 2. The van der Waals surface area contributed by atoms with Crippen molar-refractivity contribution in [3.05, 3.63) is 82.6 Å². The molecule has 0 radical (unpaired) electrons. The summed E-state index contributed by atoms with van der Waals surface area (Å²) in [4.78, 5) is 10.6. The van der Waals surface area contributed by atoms with Crippen LogP contribution in [0.4, 0.5) is 4.39 Å². The third-order valence-electron chi connectivity index (χ3n) is 4.24. The first kappa shape index (κ1) is 15.2. The summed E-state index contributed by atoms with van der Waals surface area (Å²) >= 11 is 5.95. The highest BCUT2D eigenvalue weighted by molar-refractivity contribution is 6.30. The number of benzene rings is 1. The first-order chi connectivity index (χ1) is 11.7. The van der Waals surface area contributed by atoms with Crippen molar-refractivity contribution in [2.45, 2.75) is 19.6 Å². The van der Waals surface area contributed by atoms with Crippen molar-refractivity contribution in [3.63, 3.8) is 0 Å². The van der Waals surface area contributed by atoms with Crippen LogP contribution >= 0.6 is 11.6 Å². The van der Waals surface area contributed by atoms with Crippen molar-refractivity contribution < 1.29 is 4.39 Å². The topological polar surface area (TPSA) is 29.0 Å². The molecule has 2 aromatic heterocycles. The molecule has 0 saturated heterocycles. The van der Waals surface area contributed by atoms with Gasteiger partial charge in [0.2, 0.25) is 0 Å². The molecule has 3 nitrogen and oxygen atoms in total. The molecular formula is C19H15ClFN3. The van der Waals surface area contributed by atoms with Crippen LogP contribution in [0.1, 0.15) is 16.8 Å². The van der Waals surface area contributed by atoms with Crippen LogP contribution in [0.3, 0.4) is 0 Å². The van der Waals surface area contributed by atoms with E-state index in [-0.39, 0.29) is 5.82 Å². The standard InChI is InChI=1S/C19H15ClFN3/c20-17-6-16(8-22-9-17)13-3-4-14(18(21)7-13)10-24-11-15-2-1-5-23-19(15)12-24/h1-9H,10-12H2. The summed E-state index contributed by atoms with van der Waals surface area (Å²) in [6.07, 6.45) is 5.05. The summed E-state index contributed by atoms with van der Waals surface area (Å²) in [6, 6.07) is 11.1. The van der Waals surface area contributed by atoms with Gasteiger partial charge in [-0.3, -0.25) is 14.9 Å². The Bertz CT molecular complexity index is 872. The maximum Gasteiger partial charge on any atom is 0.128 e. The van der Waals surface area contributed by atoms with Crippen molar-refractivity contribution >= 4 is 11.6 Å². The van der Waals surface area contributed by atoms with Gasteiger partial charge in [0.25, 0.3) is 0 Å². The second-order valence-electron chi connectivity index (χ2n) is 5.95. The number of aromatic nitrogens is 2. The third kappa shape index (κ3) is 3.03. The van der Waals surface area contributed by atoms with Crippen LogP contribution in [0.15, 0.2) is 55.0 Å². The van der Waals surface area contributed by atoms with Gasteiger partial charge in [-0.1, -0.05) is 29.8 Å². The molecule has 120 valence electrons. The Balaban J connectivity index is 1.53. The average Bonchev–Trinajstić information content (AvgIpc) is 2.99. The summed E-state index contributed by atoms with van der Waals surface area (Å²) in [5.41, 5.74) is 4.57. The number of rotatable bonds is 3. The zero-order valence-corrected chi connectivity index (χ0v) is 13.7. The molecule has 3 heterocycles. The van der Waals surface area contributed by atoms with Crippen molar-refractivity contribution in [3.8, 4) is 11.1 Å². The number of hydrogen-bond acceptors (Lipinski definition) is 3. The summed E-state index contributed by atoms with van der Waals surface area (Å²) in [5, 5.41) is 0.541. The molecule has 5 heteroatoms. The molecule has 0 saturated carbocycles. The number of hydrogen-bond donors (Lipinski definition) is 0. The van der Waals surface area contributed by atoms with Crippen LogP contribution in [0.5, 0.6) is 0 Å². The maximum atomic E-state index is 14.5. The van der Waals surface area contributed by atoms with Gasteiger partial charge in [0.05, 0.1) is 10.7 Å². The van der Waals surface area contributed by atoms with E-state index in [2.05, 4.69) is 20.9 Å². The monoisotopic (exact) mass is 339 g/mol. The summed E-state index contributed by atoms with van der Waals surface area (Å²) in [6.45, 7) is 2.13. The molecule has 0 fully saturated rings. The van der Waals surface area contributed by atoms with Crippen molar-refractivity contribution in [1.82, 2.24) is 14.9 Å². The normalized spacial score (nSPS) is 13.9. The molecule has 0 unspecified atom stereocenters. The van der Waals surface area contributed by atoms with Crippen molar-refractivity contribution in [1.29, 1.82) is 0 Å². The molecule has 0 atom stereocenters. The maximum absolute atomic E-state index is 14.5. The first-order valence-electron chi connectivity index (χ1n) is 7.73. The van der Waals surface area contributed by atoms with Crippen LogP contribution in [0.2, 0.25) is 5.02 Å². The van der Waals surface area contributed by atoms with E-state index < -0.39 is 0 Å². The number of fused-ring (bicyclic) bond motifs is 1. The lowest BCUT2D eigenvalue weighted by atomic mass is 10.0.